The molecule has 4 rings (SSSR count). The van der Waals surface area contributed by atoms with Crippen molar-refractivity contribution in [1.29, 1.82) is 5.26 Å². The molecule has 3 fully saturated rings. The molecule has 0 amide bonds. The summed E-state index contributed by atoms with van der Waals surface area (Å²) in [6.45, 7) is 4.77. The molecule has 0 bridgehead atoms. The van der Waals surface area contributed by atoms with Gasteiger partial charge in [0, 0.05) is 12.0 Å². The van der Waals surface area contributed by atoms with Gasteiger partial charge >= 0.3 is 0 Å². The number of carbonyl (C=O) groups is 1. The summed E-state index contributed by atoms with van der Waals surface area (Å²) in [6, 6.07) is 2.25. The van der Waals surface area contributed by atoms with Gasteiger partial charge in [0.15, 0.2) is 5.78 Å². The van der Waals surface area contributed by atoms with Crippen LogP contribution in [0, 0.1) is 39.9 Å². The van der Waals surface area contributed by atoms with Gasteiger partial charge < -0.3 is 0 Å². The Morgan fingerprint density at radius 2 is 1.83 bits per heavy atom. The largest absolute Gasteiger partial charge is 0.293 e. The van der Waals surface area contributed by atoms with Crippen LogP contribution >= 0.6 is 11.6 Å². The highest BCUT2D eigenvalue weighted by Crippen LogP contribution is 2.66. The summed E-state index contributed by atoms with van der Waals surface area (Å²) in [5.74, 6) is 2.16. The van der Waals surface area contributed by atoms with E-state index in [2.05, 4.69) is 19.9 Å². The quantitative estimate of drug-likeness (QED) is 0.579. The summed E-state index contributed by atoms with van der Waals surface area (Å²) in [5.41, 5.74) is 5.35. The first kappa shape index (κ1) is 16.4. The molecule has 0 aromatic carbocycles. The van der Waals surface area contributed by atoms with Crippen LogP contribution in [0.5, 0.6) is 0 Å². The van der Waals surface area contributed by atoms with Gasteiger partial charge in [-0.15, -0.1) is 0 Å². The second-order valence-electron chi connectivity index (χ2n) is 8.85. The fourth-order valence-corrected chi connectivity index (χ4v) is 7.23. The third-order valence-corrected chi connectivity index (χ3v) is 8.48. The van der Waals surface area contributed by atoms with Crippen LogP contribution in [-0.4, -0.2) is 5.78 Å². The van der Waals surface area contributed by atoms with Crippen molar-refractivity contribution in [2.45, 2.75) is 65.2 Å². The van der Waals surface area contributed by atoms with E-state index in [4.69, 9.17) is 11.6 Å². The molecule has 3 heteroatoms. The van der Waals surface area contributed by atoms with Crippen LogP contribution in [-0.2, 0) is 4.79 Å². The fraction of sp³-hybridized carbons (Fsp3) is 0.714. The maximum absolute atomic E-state index is 12.2. The highest BCUT2D eigenvalue weighted by atomic mass is 35.5. The van der Waals surface area contributed by atoms with E-state index in [1.165, 1.54) is 30.4 Å². The molecule has 3 saturated carbocycles. The van der Waals surface area contributed by atoms with Gasteiger partial charge in [-0.25, -0.2) is 0 Å². The van der Waals surface area contributed by atoms with Gasteiger partial charge in [-0.2, -0.15) is 5.26 Å². The Bertz CT molecular complexity index is 699. The highest BCUT2D eigenvalue weighted by Gasteiger charge is 2.58. The van der Waals surface area contributed by atoms with Crippen molar-refractivity contribution in [3.05, 3.63) is 22.3 Å². The minimum atomic E-state index is 0.0661. The molecule has 4 aliphatic rings. The maximum atomic E-state index is 12.2. The molecule has 128 valence electrons. The van der Waals surface area contributed by atoms with Crippen molar-refractivity contribution in [2.24, 2.45) is 28.6 Å². The van der Waals surface area contributed by atoms with E-state index >= 15 is 0 Å². The average Bonchev–Trinajstić information content (AvgIpc) is 2.91. The van der Waals surface area contributed by atoms with E-state index in [1.54, 1.807) is 0 Å². The standard InChI is InChI=1S/C21H26ClNO/c1-20-9-7-18-14(16(20)5-3-13(20)11-22)4-6-17-15(12-23)19(24)8-10-21(17,18)2/h11,14,16,18H,3-10H2,1-2H3/b13-11+/t14?,16?,18?,20-,21+/m1/s1. The Balaban J connectivity index is 1.74. The molecule has 0 aliphatic heterocycles. The number of halogens is 1. The van der Waals surface area contributed by atoms with Crippen LogP contribution in [0.2, 0.25) is 0 Å². The normalized spacial score (nSPS) is 46.3. The van der Waals surface area contributed by atoms with Crippen LogP contribution in [0.4, 0.5) is 0 Å². The zero-order valence-corrected chi connectivity index (χ0v) is 15.5. The number of rotatable bonds is 0. The van der Waals surface area contributed by atoms with Gasteiger partial charge in [-0.3, -0.25) is 4.79 Å². The van der Waals surface area contributed by atoms with Gasteiger partial charge in [-0.05, 0) is 79.1 Å². The number of Topliss-reactive ketones (excluding diaryl/α,β-unsaturated/α-hetero) is 1. The number of carbonyl (C=O) groups excluding carboxylic acids is 1. The summed E-state index contributed by atoms with van der Waals surface area (Å²) in [5, 5.41) is 9.52. The van der Waals surface area contributed by atoms with Gasteiger partial charge in [-0.1, -0.05) is 31.0 Å². The zero-order valence-electron chi connectivity index (χ0n) is 14.7. The van der Waals surface area contributed by atoms with Crippen molar-refractivity contribution < 1.29 is 4.79 Å². The smallest absolute Gasteiger partial charge is 0.173 e. The minimum absolute atomic E-state index is 0.0661. The van der Waals surface area contributed by atoms with Gasteiger partial charge in [0.1, 0.15) is 6.07 Å². The third kappa shape index (κ3) is 1.97. The Labute approximate surface area is 149 Å². The zero-order chi connectivity index (χ0) is 17.1. The van der Waals surface area contributed by atoms with Gasteiger partial charge in [0.05, 0.1) is 5.57 Å². The van der Waals surface area contributed by atoms with E-state index < -0.39 is 0 Å². The van der Waals surface area contributed by atoms with E-state index in [0.29, 0.717) is 17.9 Å². The van der Waals surface area contributed by atoms with Crippen molar-refractivity contribution >= 4 is 17.4 Å². The van der Waals surface area contributed by atoms with Gasteiger partial charge in [0.2, 0.25) is 0 Å². The van der Waals surface area contributed by atoms with E-state index in [0.717, 1.165) is 37.5 Å². The van der Waals surface area contributed by atoms with Crippen molar-refractivity contribution in [1.82, 2.24) is 0 Å². The minimum Gasteiger partial charge on any atom is -0.293 e. The van der Waals surface area contributed by atoms with Crippen LogP contribution in [0.25, 0.3) is 0 Å². The highest BCUT2D eigenvalue weighted by molar-refractivity contribution is 6.25. The molecule has 4 aliphatic carbocycles. The average molecular weight is 344 g/mol. The monoisotopic (exact) mass is 343 g/mol. The van der Waals surface area contributed by atoms with Crippen LogP contribution in [0.1, 0.15) is 65.2 Å². The molecule has 0 radical (unpaired) electrons. The fourth-order valence-electron chi connectivity index (χ4n) is 6.87. The molecule has 0 heterocycles. The van der Waals surface area contributed by atoms with Crippen LogP contribution < -0.4 is 0 Å². The molecular formula is C21H26ClNO. The lowest BCUT2D eigenvalue weighted by Crippen LogP contribution is -2.50. The number of nitriles is 1. The Hall–Kier alpha value is -1.07. The first-order valence-electron chi connectivity index (χ1n) is 9.42. The molecule has 0 saturated heterocycles. The molecular weight excluding hydrogens is 318 g/mol. The second kappa shape index (κ2) is 5.46. The first-order valence-corrected chi connectivity index (χ1v) is 9.86. The number of nitrogens with zero attached hydrogens (tertiary/aromatic N) is 1. The first-order chi connectivity index (χ1) is 11.5. The van der Waals surface area contributed by atoms with E-state index in [1.807, 2.05) is 5.54 Å². The third-order valence-electron chi connectivity index (χ3n) is 8.22. The lowest BCUT2D eigenvalue weighted by Gasteiger charge is -2.57. The topological polar surface area (TPSA) is 40.9 Å². The summed E-state index contributed by atoms with van der Waals surface area (Å²) >= 11 is 6.14. The number of fused-ring (bicyclic) bond motifs is 5. The molecule has 0 aromatic rings. The lowest BCUT2D eigenvalue weighted by atomic mass is 9.47. The summed E-state index contributed by atoms with van der Waals surface area (Å²) in [4.78, 5) is 12.2. The van der Waals surface area contributed by atoms with Gasteiger partial charge in [0.25, 0.3) is 0 Å². The molecule has 5 atom stereocenters. The van der Waals surface area contributed by atoms with Crippen molar-refractivity contribution in [2.75, 3.05) is 0 Å². The molecule has 0 N–H and O–H groups in total. The van der Waals surface area contributed by atoms with Crippen LogP contribution in [0.3, 0.4) is 0 Å². The molecule has 3 unspecified atom stereocenters. The summed E-state index contributed by atoms with van der Waals surface area (Å²) in [6.07, 6.45) is 8.40. The van der Waals surface area contributed by atoms with E-state index in [9.17, 15) is 10.1 Å². The number of hydrogen-bond donors (Lipinski definition) is 0. The second-order valence-corrected chi connectivity index (χ2v) is 9.07. The number of hydrogen-bond acceptors (Lipinski definition) is 2. The molecule has 0 spiro atoms. The van der Waals surface area contributed by atoms with E-state index in [-0.39, 0.29) is 16.6 Å². The molecule has 24 heavy (non-hydrogen) atoms. The van der Waals surface area contributed by atoms with Crippen LogP contribution in [0.15, 0.2) is 22.3 Å². The predicted molar refractivity (Wildman–Crippen MR) is 95.2 cm³/mol. The summed E-state index contributed by atoms with van der Waals surface area (Å²) in [7, 11) is 0. The Morgan fingerprint density at radius 1 is 1.08 bits per heavy atom. The maximum Gasteiger partial charge on any atom is 0.173 e. The van der Waals surface area contributed by atoms with Crippen molar-refractivity contribution in [3.8, 4) is 6.07 Å². The van der Waals surface area contributed by atoms with Crippen molar-refractivity contribution in [3.63, 3.8) is 0 Å². The molecule has 2 nitrogen and oxygen atoms in total. The molecule has 0 aromatic heterocycles. The number of ketones is 1. The summed E-state index contributed by atoms with van der Waals surface area (Å²) < 4.78 is 0. The Morgan fingerprint density at radius 3 is 2.54 bits per heavy atom. The lowest BCUT2D eigenvalue weighted by molar-refractivity contribution is -0.118. The SMILES string of the molecule is C[C@]12CCC(=O)C(C#N)=C1CCC1C2CC[C@]2(C)/C(=C/Cl)CCC12. The Kier molecular flexibility index (Phi) is 3.73. The predicted octanol–water partition coefficient (Wildman–Crippen LogP) is 5.53. The number of allylic oxidation sites excluding steroid dienone is 2.